The number of carbonyl (C=O) groups is 4. The summed E-state index contributed by atoms with van der Waals surface area (Å²) in [4.78, 5) is 46.0. The molecule has 0 aromatic heterocycles. The van der Waals surface area contributed by atoms with E-state index in [4.69, 9.17) is 26.4 Å². The van der Waals surface area contributed by atoms with Crippen molar-refractivity contribution in [2.45, 2.75) is 43.4 Å². The standard InChI is InChI=1S/C13H22N4O9/c14-5(12(23)24)3-8(20)16-7(19)1-2-17(13(15)25)11-10(22)9(21)6(4-18)26-11/h5-6,9-11,18,21-22H,1-4,14H2,(H2,15,25)(H,23,24)(H,16,19,20). The van der Waals surface area contributed by atoms with E-state index in [0.717, 1.165) is 4.90 Å². The predicted octanol–water partition coefficient (Wildman–Crippen LogP) is -4.36. The molecule has 4 amide bonds. The molecule has 5 unspecified atom stereocenters. The van der Waals surface area contributed by atoms with Crippen molar-refractivity contribution in [3.63, 3.8) is 0 Å². The molecule has 1 heterocycles. The van der Waals surface area contributed by atoms with Gasteiger partial charge in [0.15, 0.2) is 6.23 Å². The lowest BCUT2D eigenvalue weighted by Gasteiger charge is -2.28. The van der Waals surface area contributed by atoms with Crippen molar-refractivity contribution in [3.8, 4) is 0 Å². The van der Waals surface area contributed by atoms with Crippen LogP contribution in [0.2, 0.25) is 0 Å². The minimum atomic E-state index is -1.56. The highest BCUT2D eigenvalue weighted by Crippen LogP contribution is 2.24. The van der Waals surface area contributed by atoms with Gasteiger partial charge >= 0.3 is 12.0 Å². The third kappa shape index (κ3) is 5.60. The zero-order valence-corrected chi connectivity index (χ0v) is 13.6. The summed E-state index contributed by atoms with van der Waals surface area (Å²) in [6.07, 6.45) is -6.58. The number of hydrogen-bond acceptors (Lipinski definition) is 9. The number of urea groups is 1. The van der Waals surface area contributed by atoms with Crippen LogP contribution in [0.5, 0.6) is 0 Å². The third-order valence-electron chi connectivity index (χ3n) is 3.69. The highest BCUT2D eigenvalue weighted by Gasteiger charge is 2.46. The number of aliphatic carboxylic acids is 1. The molecule has 1 saturated heterocycles. The number of nitrogens with one attached hydrogen (secondary N) is 1. The van der Waals surface area contributed by atoms with E-state index in [-0.39, 0.29) is 6.54 Å². The Hall–Kier alpha value is -2.32. The molecular weight excluding hydrogens is 356 g/mol. The second-order valence-electron chi connectivity index (χ2n) is 5.63. The minimum Gasteiger partial charge on any atom is -0.480 e. The lowest BCUT2D eigenvalue weighted by atomic mass is 10.1. The zero-order chi connectivity index (χ0) is 20.0. The molecule has 0 saturated carbocycles. The van der Waals surface area contributed by atoms with E-state index in [0.29, 0.717) is 0 Å². The number of aliphatic hydroxyl groups is 3. The Labute approximate surface area is 147 Å². The van der Waals surface area contributed by atoms with Crippen LogP contribution < -0.4 is 16.8 Å². The first kappa shape index (κ1) is 21.7. The number of imide groups is 1. The first-order chi connectivity index (χ1) is 12.1. The van der Waals surface area contributed by atoms with Crippen molar-refractivity contribution < 1.29 is 44.3 Å². The largest absolute Gasteiger partial charge is 0.480 e. The predicted molar refractivity (Wildman–Crippen MR) is 82.0 cm³/mol. The van der Waals surface area contributed by atoms with Crippen LogP contribution in [-0.4, -0.2) is 92.9 Å². The maximum absolute atomic E-state index is 11.7. The zero-order valence-electron chi connectivity index (χ0n) is 13.6. The van der Waals surface area contributed by atoms with Crippen LogP contribution in [0, 0.1) is 0 Å². The smallest absolute Gasteiger partial charge is 0.321 e. The van der Waals surface area contributed by atoms with Gasteiger partial charge in [-0.1, -0.05) is 0 Å². The van der Waals surface area contributed by atoms with Gasteiger partial charge in [-0.15, -0.1) is 0 Å². The highest BCUT2D eigenvalue weighted by molar-refractivity contribution is 5.97. The van der Waals surface area contributed by atoms with Crippen LogP contribution in [0.3, 0.4) is 0 Å². The Morgan fingerprint density at radius 2 is 1.77 bits per heavy atom. The maximum atomic E-state index is 11.7. The molecule has 1 aliphatic rings. The second-order valence-corrected chi connectivity index (χ2v) is 5.63. The van der Waals surface area contributed by atoms with Crippen molar-refractivity contribution in [1.82, 2.24) is 10.2 Å². The monoisotopic (exact) mass is 378 g/mol. The summed E-state index contributed by atoms with van der Waals surface area (Å²) in [5.41, 5.74) is 10.3. The van der Waals surface area contributed by atoms with Gasteiger partial charge in [0.2, 0.25) is 11.8 Å². The summed E-state index contributed by atoms with van der Waals surface area (Å²) in [5, 5.41) is 39.1. The summed E-state index contributed by atoms with van der Waals surface area (Å²) >= 11 is 0. The Bertz CT molecular complexity index is 558. The van der Waals surface area contributed by atoms with E-state index >= 15 is 0 Å². The average Bonchev–Trinajstić information content (AvgIpc) is 2.82. The highest BCUT2D eigenvalue weighted by atomic mass is 16.6. The second kappa shape index (κ2) is 9.40. The molecule has 0 aliphatic carbocycles. The first-order valence-corrected chi connectivity index (χ1v) is 7.58. The molecule has 0 bridgehead atoms. The van der Waals surface area contributed by atoms with E-state index in [1.54, 1.807) is 0 Å². The number of nitrogens with zero attached hydrogens (tertiary/aromatic N) is 1. The Balaban J connectivity index is 2.59. The summed E-state index contributed by atoms with van der Waals surface area (Å²) in [6.45, 7) is -0.980. The molecule has 148 valence electrons. The van der Waals surface area contributed by atoms with E-state index in [1.165, 1.54) is 0 Å². The van der Waals surface area contributed by atoms with Gasteiger partial charge in [0.05, 0.1) is 13.0 Å². The summed E-state index contributed by atoms with van der Waals surface area (Å²) in [7, 11) is 0. The number of hydrogen-bond donors (Lipinski definition) is 7. The van der Waals surface area contributed by atoms with Gasteiger partial charge in [0, 0.05) is 13.0 Å². The van der Waals surface area contributed by atoms with Crippen LogP contribution in [-0.2, 0) is 19.1 Å². The van der Waals surface area contributed by atoms with Crippen LogP contribution in [0.15, 0.2) is 0 Å². The number of rotatable bonds is 8. The van der Waals surface area contributed by atoms with Gasteiger partial charge in [-0.05, 0) is 0 Å². The molecule has 1 fully saturated rings. The average molecular weight is 378 g/mol. The van der Waals surface area contributed by atoms with E-state index < -0.39 is 73.8 Å². The molecular formula is C13H22N4O9. The number of carbonyl (C=O) groups excluding carboxylic acids is 3. The number of carboxylic acids is 1. The van der Waals surface area contributed by atoms with Gasteiger partial charge in [-0.2, -0.15) is 0 Å². The Kier molecular flexibility index (Phi) is 7.85. The van der Waals surface area contributed by atoms with Gasteiger partial charge in [0.1, 0.15) is 24.4 Å². The number of carboxylic acid groups (broad SMARTS) is 1. The van der Waals surface area contributed by atoms with Crippen molar-refractivity contribution in [1.29, 1.82) is 0 Å². The van der Waals surface area contributed by atoms with Gasteiger partial charge < -0.3 is 36.6 Å². The molecule has 0 aromatic carbocycles. The number of nitrogens with two attached hydrogens (primary N) is 2. The fourth-order valence-electron chi connectivity index (χ4n) is 2.28. The fraction of sp³-hybridized carbons (Fsp3) is 0.692. The van der Waals surface area contributed by atoms with Crippen molar-refractivity contribution >= 4 is 23.8 Å². The van der Waals surface area contributed by atoms with Gasteiger partial charge in [-0.3, -0.25) is 24.6 Å². The topological polar surface area (TPSA) is 226 Å². The summed E-state index contributed by atoms with van der Waals surface area (Å²) in [5.74, 6) is -3.16. The molecule has 0 aromatic rings. The summed E-state index contributed by atoms with van der Waals surface area (Å²) < 4.78 is 5.15. The summed E-state index contributed by atoms with van der Waals surface area (Å²) in [6, 6.07) is -2.53. The lowest BCUT2D eigenvalue weighted by Crippen LogP contribution is -2.50. The molecule has 1 aliphatic heterocycles. The number of primary amides is 1. The molecule has 0 radical (unpaired) electrons. The Morgan fingerprint density at radius 3 is 2.23 bits per heavy atom. The van der Waals surface area contributed by atoms with Crippen LogP contribution >= 0.6 is 0 Å². The van der Waals surface area contributed by atoms with Crippen molar-refractivity contribution in [3.05, 3.63) is 0 Å². The Morgan fingerprint density at radius 1 is 1.15 bits per heavy atom. The number of aliphatic hydroxyl groups excluding tert-OH is 3. The van der Waals surface area contributed by atoms with Crippen molar-refractivity contribution in [2.75, 3.05) is 13.2 Å². The lowest BCUT2D eigenvalue weighted by molar-refractivity contribution is -0.141. The van der Waals surface area contributed by atoms with E-state index in [2.05, 4.69) is 0 Å². The molecule has 13 nitrogen and oxygen atoms in total. The quantitative estimate of drug-likeness (QED) is 0.215. The first-order valence-electron chi connectivity index (χ1n) is 7.58. The van der Waals surface area contributed by atoms with Crippen LogP contribution in [0.25, 0.3) is 0 Å². The van der Waals surface area contributed by atoms with E-state index in [9.17, 15) is 29.4 Å². The molecule has 1 rings (SSSR count). The molecule has 5 atom stereocenters. The SMILES string of the molecule is NC(=O)N(CCC(=O)NC(=O)CC(N)C(=O)O)C1OC(CO)C(O)C1O. The van der Waals surface area contributed by atoms with Crippen molar-refractivity contribution in [2.24, 2.45) is 11.5 Å². The molecule has 26 heavy (non-hydrogen) atoms. The number of ether oxygens (including phenoxy) is 1. The minimum absolute atomic E-state index is 0.369. The maximum Gasteiger partial charge on any atom is 0.321 e. The van der Waals surface area contributed by atoms with Crippen LogP contribution in [0.1, 0.15) is 12.8 Å². The molecule has 9 N–H and O–H groups in total. The normalized spacial score (nSPS) is 26.2. The molecule has 0 spiro atoms. The molecule has 13 heteroatoms. The third-order valence-corrected chi connectivity index (χ3v) is 3.69. The fourth-order valence-corrected chi connectivity index (χ4v) is 2.28. The van der Waals surface area contributed by atoms with E-state index in [1.807, 2.05) is 5.32 Å². The van der Waals surface area contributed by atoms with Crippen LogP contribution in [0.4, 0.5) is 4.79 Å². The number of amides is 4. The van der Waals surface area contributed by atoms with Gasteiger partial charge in [-0.25, -0.2) is 4.79 Å². The van der Waals surface area contributed by atoms with Gasteiger partial charge in [0.25, 0.3) is 0 Å².